The zero-order valence-corrected chi connectivity index (χ0v) is 7.58. The van der Waals surface area contributed by atoms with Crippen molar-refractivity contribution in [3.05, 3.63) is 36.4 Å². The third-order valence-corrected chi connectivity index (χ3v) is 2.34. The molecule has 0 N–H and O–H groups in total. The van der Waals surface area contributed by atoms with Crippen molar-refractivity contribution in [2.75, 3.05) is 11.4 Å². The van der Waals surface area contributed by atoms with Gasteiger partial charge in [0.15, 0.2) is 0 Å². The minimum absolute atomic E-state index is 0.0312. The molecule has 0 unspecified atom stereocenters. The van der Waals surface area contributed by atoms with E-state index in [9.17, 15) is 4.79 Å². The molecule has 1 aliphatic heterocycles. The molecule has 1 aromatic carbocycles. The van der Waals surface area contributed by atoms with Gasteiger partial charge >= 0.3 is 0 Å². The summed E-state index contributed by atoms with van der Waals surface area (Å²) in [6.45, 7) is 6.45. The van der Waals surface area contributed by atoms with Crippen LogP contribution in [0.3, 0.4) is 0 Å². The van der Waals surface area contributed by atoms with Gasteiger partial charge in [0.25, 0.3) is 5.91 Å². The lowest BCUT2D eigenvalue weighted by Gasteiger charge is -2.13. The van der Waals surface area contributed by atoms with Crippen LogP contribution in [-0.2, 0) is 4.79 Å². The number of amides is 1. The minimum Gasteiger partial charge on any atom is -0.308 e. The van der Waals surface area contributed by atoms with Gasteiger partial charge in [-0.1, -0.05) is 24.8 Å². The highest BCUT2D eigenvalue weighted by Gasteiger charge is 2.28. The third-order valence-electron chi connectivity index (χ3n) is 2.34. The van der Waals surface area contributed by atoms with Gasteiger partial charge in [0, 0.05) is 17.7 Å². The van der Waals surface area contributed by atoms with Crippen LogP contribution in [0.5, 0.6) is 0 Å². The van der Waals surface area contributed by atoms with Crippen LogP contribution in [0, 0.1) is 0 Å². The van der Waals surface area contributed by atoms with Gasteiger partial charge in [-0.2, -0.15) is 0 Å². The molecule has 1 amide bonds. The van der Waals surface area contributed by atoms with E-state index in [0.29, 0.717) is 12.1 Å². The van der Waals surface area contributed by atoms with Gasteiger partial charge in [0.05, 0.1) is 5.69 Å². The number of anilines is 1. The Balaban J connectivity index is 2.60. The highest BCUT2D eigenvalue weighted by molar-refractivity contribution is 6.31. The second-order valence-corrected chi connectivity index (χ2v) is 3.05. The summed E-state index contributed by atoms with van der Waals surface area (Å²) in [5, 5.41) is 0. The minimum atomic E-state index is 0.0312. The normalized spacial score (nSPS) is 15.0. The first-order valence-corrected chi connectivity index (χ1v) is 4.36. The third kappa shape index (κ3) is 0.985. The molecule has 13 heavy (non-hydrogen) atoms. The number of carbonyl (C=O) groups excluding carboxylic acids is 1. The van der Waals surface area contributed by atoms with Crippen molar-refractivity contribution in [3.8, 4) is 0 Å². The SMILES string of the molecule is C=C1C(=O)N(CC)c2ccccc21. The van der Waals surface area contributed by atoms with E-state index in [1.54, 1.807) is 4.90 Å². The topological polar surface area (TPSA) is 20.3 Å². The summed E-state index contributed by atoms with van der Waals surface area (Å²) in [6, 6.07) is 7.75. The average Bonchev–Trinajstić information content (AvgIpc) is 2.41. The van der Waals surface area contributed by atoms with Gasteiger partial charge in [0.2, 0.25) is 0 Å². The molecular formula is C11H11NO. The molecule has 2 rings (SSSR count). The Labute approximate surface area is 77.5 Å². The van der Waals surface area contributed by atoms with Crippen molar-refractivity contribution in [2.45, 2.75) is 6.92 Å². The highest BCUT2D eigenvalue weighted by atomic mass is 16.2. The van der Waals surface area contributed by atoms with E-state index in [4.69, 9.17) is 0 Å². The Hall–Kier alpha value is -1.57. The number of likely N-dealkylation sites (N-methyl/N-ethyl adjacent to an activating group) is 1. The number of hydrogen-bond donors (Lipinski definition) is 0. The van der Waals surface area contributed by atoms with Crippen LogP contribution >= 0.6 is 0 Å². The largest absolute Gasteiger partial charge is 0.308 e. The first kappa shape index (κ1) is 8.05. The summed E-state index contributed by atoms with van der Waals surface area (Å²) < 4.78 is 0. The van der Waals surface area contributed by atoms with Crippen LogP contribution in [-0.4, -0.2) is 12.5 Å². The van der Waals surface area contributed by atoms with E-state index in [0.717, 1.165) is 11.3 Å². The maximum Gasteiger partial charge on any atom is 0.258 e. The monoisotopic (exact) mass is 173 g/mol. The van der Waals surface area contributed by atoms with Gasteiger partial charge in [-0.05, 0) is 13.0 Å². The molecule has 1 aliphatic rings. The van der Waals surface area contributed by atoms with Gasteiger partial charge in [0.1, 0.15) is 0 Å². The number of hydrogen-bond acceptors (Lipinski definition) is 1. The van der Waals surface area contributed by atoms with E-state index in [1.165, 1.54) is 0 Å². The standard InChI is InChI=1S/C11H11NO/c1-3-12-10-7-5-4-6-9(10)8(2)11(12)13/h4-7H,2-3H2,1H3. The summed E-state index contributed by atoms with van der Waals surface area (Å²) in [5.41, 5.74) is 2.56. The summed E-state index contributed by atoms with van der Waals surface area (Å²) in [5.74, 6) is 0.0312. The Morgan fingerprint density at radius 2 is 2.08 bits per heavy atom. The van der Waals surface area contributed by atoms with E-state index in [-0.39, 0.29) is 5.91 Å². The van der Waals surface area contributed by atoms with Gasteiger partial charge < -0.3 is 4.90 Å². The second kappa shape index (κ2) is 2.73. The first-order chi connectivity index (χ1) is 6.25. The van der Waals surface area contributed by atoms with Crippen LogP contribution in [0.25, 0.3) is 5.57 Å². The smallest absolute Gasteiger partial charge is 0.258 e. The molecule has 1 aromatic rings. The molecule has 2 nitrogen and oxygen atoms in total. The van der Waals surface area contributed by atoms with Gasteiger partial charge in [-0.3, -0.25) is 4.79 Å². The number of rotatable bonds is 1. The van der Waals surface area contributed by atoms with Crippen molar-refractivity contribution < 1.29 is 4.79 Å². The zero-order chi connectivity index (χ0) is 9.42. The number of nitrogens with zero attached hydrogens (tertiary/aromatic N) is 1. The molecule has 0 bridgehead atoms. The van der Waals surface area contributed by atoms with Crippen molar-refractivity contribution in [2.24, 2.45) is 0 Å². The number of fused-ring (bicyclic) bond motifs is 1. The number of para-hydroxylation sites is 1. The van der Waals surface area contributed by atoms with E-state index in [2.05, 4.69) is 6.58 Å². The molecule has 0 saturated heterocycles. The summed E-state index contributed by atoms with van der Waals surface area (Å²) in [7, 11) is 0. The first-order valence-electron chi connectivity index (χ1n) is 4.36. The zero-order valence-electron chi connectivity index (χ0n) is 7.58. The van der Waals surface area contributed by atoms with E-state index >= 15 is 0 Å². The molecular weight excluding hydrogens is 162 g/mol. The molecule has 0 radical (unpaired) electrons. The predicted octanol–water partition coefficient (Wildman–Crippen LogP) is 2.07. The molecule has 66 valence electrons. The Morgan fingerprint density at radius 3 is 2.77 bits per heavy atom. The molecule has 2 heteroatoms. The molecule has 0 aliphatic carbocycles. The summed E-state index contributed by atoms with van der Waals surface area (Å²) in [4.78, 5) is 13.4. The lowest BCUT2D eigenvalue weighted by Crippen LogP contribution is -2.25. The molecule has 0 atom stereocenters. The van der Waals surface area contributed by atoms with Crippen LogP contribution in [0.2, 0.25) is 0 Å². The Morgan fingerprint density at radius 1 is 1.38 bits per heavy atom. The van der Waals surface area contributed by atoms with Crippen molar-refractivity contribution in [3.63, 3.8) is 0 Å². The fourth-order valence-electron chi connectivity index (χ4n) is 1.67. The number of carbonyl (C=O) groups is 1. The van der Waals surface area contributed by atoms with Gasteiger partial charge in [-0.15, -0.1) is 0 Å². The van der Waals surface area contributed by atoms with Crippen LogP contribution < -0.4 is 4.90 Å². The van der Waals surface area contributed by atoms with Crippen LogP contribution in [0.15, 0.2) is 30.8 Å². The van der Waals surface area contributed by atoms with Gasteiger partial charge in [-0.25, -0.2) is 0 Å². The number of benzene rings is 1. The Bertz CT molecular complexity index is 381. The predicted molar refractivity (Wildman–Crippen MR) is 53.5 cm³/mol. The molecule has 0 fully saturated rings. The van der Waals surface area contributed by atoms with Crippen LogP contribution in [0.4, 0.5) is 5.69 Å². The summed E-state index contributed by atoms with van der Waals surface area (Å²) in [6.07, 6.45) is 0. The summed E-state index contributed by atoms with van der Waals surface area (Å²) >= 11 is 0. The van der Waals surface area contributed by atoms with E-state index in [1.807, 2.05) is 31.2 Å². The van der Waals surface area contributed by atoms with Crippen LogP contribution in [0.1, 0.15) is 12.5 Å². The maximum atomic E-state index is 11.6. The van der Waals surface area contributed by atoms with Crippen molar-refractivity contribution >= 4 is 17.2 Å². The molecule has 0 aromatic heterocycles. The average molecular weight is 173 g/mol. The quantitative estimate of drug-likeness (QED) is 0.595. The van der Waals surface area contributed by atoms with Crippen molar-refractivity contribution in [1.29, 1.82) is 0 Å². The van der Waals surface area contributed by atoms with Crippen molar-refractivity contribution in [1.82, 2.24) is 0 Å². The lowest BCUT2D eigenvalue weighted by molar-refractivity contribution is -0.112. The Kier molecular flexibility index (Phi) is 1.69. The molecule has 0 saturated carbocycles. The maximum absolute atomic E-state index is 11.6. The van der Waals surface area contributed by atoms with E-state index < -0.39 is 0 Å². The highest BCUT2D eigenvalue weighted by Crippen LogP contribution is 2.34. The fourth-order valence-corrected chi connectivity index (χ4v) is 1.67. The molecule has 1 heterocycles. The molecule has 0 spiro atoms. The fraction of sp³-hybridized carbons (Fsp3) is 0.182. The lowest BCUT2D eigenvalue weighted by atomic mass is 10.1. The second-order valence-electron chi connectivity index (χ2n) is 3.05.